The predicted molar refractivity (Wildman–Crippen MR) is 151 cm³/mol. The monoisotopic (exact) mass is 568 g/mol. The van der Waals surface area contributed by atoms with Crippen molar-refractivity contribution in [1.29, 1.82) is 0 Å². The lowest BCUT2D eigenvalue weighted by atomic mass is 10.1. The summed E-state index contributed by atoms with van der Waals surface area (Å²) in [6.45, 7) is 6.78. The molecule has 0 bridgehead atoms. The van der Waals surface area contributed by atoms with E-state index in [1.807, 2.05) is 31.6 Å². The van der Waals surface area contributed by atoms with Crippen LogP contribution in [-0.4, -0.2) is 55.5 Å². The second-order valence-corrected chi connectivity index (χ2v) is 11.7. The Morgan fingerprint density at radius 1 is 1.00 bits per heavy atom. The molecule has 212 valence electrons. The first-order valence-electron chi connectivity index (χ1n) is 12.7. The van der Waals surface area contributed by atoms with Gasteiger partial charge in [-0.3, -0.25) is 4.68 Å². The third-order valence-corrected chi connectivity index (χ3v) is 7.53. The van der Waals surface area contributed by atoms with E-state index in [1.54, 1.807) is 36.5 Å². The molecule has 0 aliphatic rings. The zero-order chi connectivity index (χ0) is 28.9. The molecule has 2 aromatic carbocycles. The topological polar surface area (TPSA) is 120 Å². The SMILES string of the molecule is COc1ccc(S(=O)(=O)NCCCNc2nccc(-c3cn(C(C)(C)C)nc3-c3ccc(F)c(OC)c3)n2)cc1. The first-order valence-corrected chi connectivity index (χ1v) is 14.2. The van der Waals surface area contributed by atoms with E-state index in [4.69, 9.17) is 14.6 Å². The van der Waals surface area contributed by atoms with Gasteiger partial charge in [0.05, 0.1) is 30.3 Å². The smallest absolute Gasteiger partial charge is 0.240 e. The number of ether oxygens (including phenoxy) is 2. The van der Waals surface area contributed by atoms with Crippen LogP contribution in [0.3, 0.4) is 0 Å². The molecule has 0 fully saturated rings. The number of aromatic nitrogens is 4. The molecule has 0 saturated carbocycles. The van der Waals surface area contributed by atoms with Crippen LogP contribution < -0.4 is 19.5 Å². The zero-order valence-electron chi connectivity index (χ0n) is 23.1. The Balaban J connectivity index is 1.47. The molecular formula is C28H33FN6O4S. The first kappa shape index (κ1) is 29.0. The second kappa shape index (κ2) is 12.0. The van der Waals surface area contributed by atoms with Crippen molar-refractivity contribution >= 4 is 16.0 Å². The van der Waals surface area contributed by atoms with E-state index in [1.165, 1.54) is 32.4 Å². The van der Waals surface area contributed by atoms with Gasteiger partial charge in [-0.2, -0.15) is 5.10 Å². The highest BCUT2D eigenvalue weighted by Crippen LogP contribution is 2.34. The molecule has 0 aliphatic carbocycles. The Kier molecular flexibility index (Phi) is 8.70. The van der Waals surface area contributed by atoms with E-state index >= 15 is 0 Å². The number of halogens is 1. The molecule has 0 spiro atoms. The lowest BCUT2D eigenvalue weighted by Gasteiger charge is -2.18. The summed E-state index contributed by atoms with van der Waals surface area (Å²) in [6.07, 6.45) is 4.05. The number of rotatable bonds is 11. The van der Waals surface area contributed by atoms with Gasteiger partial charge in [0.25, 0.3) is 0 Å². The third kappa shape index (κ3) is 6.75. The highest BCUT2D eigenvalue weighted by atomic mass is 32.2. The maximum atomic E-state index is 14.1. The summed E-state index contributed by atoms with van der Waals surface area (Å²) in [5.41, 5.74) is 2.40. The minimum Gasteiger partial charge on any atom is -0.497 e. The Morgan fingerprint density at radius 2 is 1.75 bits per heavy atom. The molecule has 0 aliphatic heterocycles. The van der Waals surface area contributed by atoms with Gasteiger partial charge in [-0.15, -0.1) is 0 Å². The third-order valence-electron chi connectivity index (χ3n) is 6.06. The zero-order valence-corrected chi connectivity index (χ0v) is 23.9. The van der Waals surface area contributed by atoms with E-state index in [2.05, 4.69) is 20.0 Å². The number of anilines is 1. The minimum absolute atomic E-state index is 0.126. The molecule has 0 radical (unpaired) electrons. The summed E-state index contributed by atoms with van der Waals surface area (Å²) in [6, 6.07) is 12.6. The molecule has 10 nitrogen and oxygen atoms in total. The number of nitrogens with zero attached hydrogens (tertiary/aromatic N) is 4. The van der Waals surface area contributed by atoms with Gasteiger partial charge in [-0.05, 0) is 75.7 Å². The number of hydrogen-bond acceptors (Lipinski definition) is 8. The maximum Gasteiger partial charge on any atom is 0.240 e. The van der Waals surface area contributed by atoms with E-state index in [9.17, 15) is 12.8 Å². The Hall–Kier alpha value is -4.03. The normalized spacial score (nSPS) is 11.8. The standard InChI is InChI=1S/C28H33FN6O4S/c1-28(2,3)35-18-22(26(34-35)19-7-12-23(29)25(17-19)39-5)24-13-16-31-27(33-24)30-14-6-15-32-40(36,37)21-10-8-20(38-4)9-11-21/h7-13,16-18,32H,6,14-15H2,1-5H3,(H,30,31,33). The van der Waals surface area contributed by atoms with Crippen LogP contribution in [0.25, 0.3) is 22.5 Å². The Labute approximate surface area is 233 Å². The molecule has 0 atom stereocenters. The van der Waals surface area contributed by atoms with Crippen molar-refractivity contribution < 1.29 is 22.3 Å². The van der Waals surface area contributed by atoms with Crippen LogP contribution in [0.5, 0.6) is 11.5 Å². The van der Waals surface area contributed by atoms with Crippen LogP contribution >= 0.6 is 0 Å². The van der Waals surface area contributed by atoms with Crippen molar-refractivity contribution in [2.45, 2.75) is 37.6 Å². The lowest BCUT2D eigenvalue weighted by molar-refractivity contribution is 0.356. The molecule has 0 amide bonds. The van der Waals surface area contributed by atoms with Crippen LogP contribution in [0, 0.1) is 5.82 Å². The molecule has 40 heavy (non-hydrogen) atoms. The minimum atomic E-state index is -3.63. The van der Waals surface area contributed by atoms with Crippen molar-refractivity contribution in [3.8, 4) is 34.0 Å². The number of benzene rings is 2. The summed E-state index contributed by atoms with van der Waals surface area (Å²) in [5.74, 6) is 0.645. The molecule has 12 heteroatoms. The number of sulfonamides is 1. The summed E-state index contributed by atoms with van der Waals surface area (Å²) in [7, 11) is -0.686. The Morgan fingerprint density at radius 3 is 2.42 bits per heavy atom. The van der Waals surface area contributed by atoms with Gasteiger partial charge in [-0.25, -0.2) is 27.5 Å². The van der Waals surface area contributed by atoms with Crippen LogP contribution in [0.4, 0.5) is 10.3 Å². The van der Waals surface area contributed by atoms with Crippen LogP contribution in [-0.2, 0) is 15.6 Å². The van der Waals surface area contributed by atoms with Crippen LogP contribution in [0.1, 0.15) is 27.2 Å². The van der Waals surface area contributed by atoms with Gasteiger partial charge >= 0.3 is 0 Å². The van der Waals surface area contributed by atoms with Gasteiger partial charge in [0.1, 0.15) is 11.4 Å². The first-order chi connectivity index (χ1) is 19.0. The van der Waals surface area contributed by atoms with Crippen molar-refractivity contribution in [1.82, 2.24) is 24.5 Å². The Bertz CT molecular complexity index is 1570. The number of methoxy groups -OCH3 is 2. The quantitative estimate of drug-likeness (QED) is 0.250. The van der Waals surface area contributed by atoms with E-state index in [0.717, 1.165) is 5.56 Å². The molecule has 0 unspecified atom stereocenters. The fourth-order valence-electron chi connectivity index (χ4n) is 3.85. The number of hydrogen-bond donors (Lipinski definition) is 2. The van der Waals surface area contributed by atoms with Crippen molar-refractivity contribution in [3.63, 3.8) is 0 Å². The van der Waals surface area contributed by atoms with Gasteiger partial charge in [0.15, 0.2) is 11.6 Å². The van der Waals surface area contributed by atoms with E-state index in [0.29, 0.717) is 41.6 Å². The maximum absolute atomic E-state index is 14.1. The molecule has 2 aromatic heterocycles. The summed E-state index contributed by atoms with van der Waals surface area (Å²) < 4.78 is 53.8. The molecule has 4 rings (SSSR count). The van der Waals surface area contributed by atoms with Crippen LogP contribution in [0.2, 0.25) is 0 Å². The average Bonchev–Trinajstić information content (AvgIpc) is 3.40. The molecule has 0 saturated heterocycles. The van der Waals surface area contributed by atoms with Gasteiger partial charge in [0.2, 0.25) is 16.0 Å². The summed E-state index contributed by atoms with van der Waals surface area (Å²) in [4.78, 5) is 9.14. The largest absolute Gasteiger partial charge is 0.497 e. The van der Waals surface area contributed by atoms with Crippen molar-refractivity contribution in [3.05, 3.63) is 66.7 Å². The summed E-state index contributed by atoms with van der Waals surface area (Å²) >= 11 is 0. The highest BCUT2D eigenvalue weighted by molar-refractivity contribution is 7.89. The fraction of sp³-hybridized carbons (Fsp3) is 0.321. The molecule has 2 heterocycles. The van der Waals surface area contributed by atoms with Crippen LogP contribution in [0.15, 0.2) is 65.8 Å². The lowest BCUT2D eigenvalue weighted by Crippen LogP contribution is -2.26. The van der Waals surface area contributed by atoms with Crippen molar-refractivity contribution in [2.75, 3.05) is 32.6 Å². The molecule has 4 aromatic rings. The summed E-state index contributed by atoms with van der Waals surface area (Å²) in [5, 5.41) is 7.94. The van der Waals surface area contributed by atoms with Gasteiger partial charge in [-0.1, -0.05) is 0 Å². The average molecular weight is 569 g/mol. The fourth-order valence-corrected chi connectivity index (χ4v) is 4.93. The predicted octanol–water partition coefficient (Wildman–Crippen LogP) is 4.70. The highest BCUT2D eigenvalue weighted by Gasteiger charge is 2.22. The second-order valence-electron chi connectivity index (χ2n) is 9.98. The molecule has 2 N–H and O–H groups in total. The van der Waals surface area contributed by atoms with E-state index in [-0.39, 0.29) is 22.7 Å². The number of nitrogens with one attached hydrogen (secondary N) is 2. The van der Waals surface area contributed by atoms with Gasteiger partial charge < -0.3 is 14.8 Å². The van der Waals surface area contributed by atoms with Gasteiger partial charge in [0, 0.05) is 36.6 Å². The van der Waals surface area contributed by atoms with Crippen molar-refractivity contribution in [2.24, 2.45) is 0 Å². The van der Waals surface area contributed by atoms with E-state index < -0.39 is 15.8 Å². The molecular weight excluding hydrogens is 535 g/mol.